The lowest BCUT2D eigenvalue weighted by Crippen LogP contribution is -2.19. The number of hydrogen-bond donors (Lipinski definition) is 1. The monoisotopic (exact) mass is 313 g/mol. The maximum atomic E-state index is 5.43. The smallest absolute Gasteiger partial charge is 0.153 e. The van der Waals surface area contributed by atoms with Crippen LogP contribution in [0.2, 0.25) is 0 Å². The second-order valence-electron chi connectivity index (χ2n) is 4.66. The molecule has 3 aromatic rings. The molecule has 0 unspecified atom stereocenters. The normalized spacial score (nSPS) is 10.7. The molecule has 1 N–H and O–H groups in total. The first-order chi connectivity index (χ1) is 10.2. The van der Waals surface area contributed by atoms with Crippen LogP contribution < -0.4 is 5.43 Å². The van der Waals surface area contributed by atoms with E-state index in [0.29, 0.717) is 0 Å². The van der Waals surface area contributed by atoms with Crippen molar-refractivity contribution < 1.29 is 0 Å². The summed E-state index contributed by atoms with van der Waals surface area (Å²) in [7, 11) is 0. The summed E-state index contributed by atoms with van der Waals surface area (Å²) >= 11 is 7.04. The van der Waals surface area contributed by atoms with E-state index in [1.165, 1.54) is 5.56 Å². The molecule has 0 aliphatic rings. The summed E-state index contributed by atoms with van der Waals surface area (Å²) in [6.07, 6.45) is 0. The number of aromatic nitrogens is 2. The molecule has 0 amide bonds. The molecule has 3 rings (SSSR count). The zero-order chi connectivity index (χ0) is 14.7. The highest BCUT2D eigenvalue weighted by molar-refractivity contribution is 8.22. The van der Waals surface area contributed by atoms with Gasteiger partial charge >= 0.3 is 0 Å². The number of thiocarbonyl (C=S) groups is 1. The summed E-state index contributed by atoms with van der Waals surface area (Å²) in [6.45, 7) is 1.97. The van der Waals surface area contributed by atoms with E-state index in [0.717, 1.165) is 26.9 Å². The molecule has 3 nitrogen and oxygen atoms in total. The van der Waals surface area contributed by atoms with Crippen LogP contribution >= 0.6 is 24.0 Å². The number of rotatable bonds is 3. The SMILES string of the molecule is Cc1nc2ccccc2n1NC(=S)SCc1ccccc1. The molecule has 1 aromatic heterocycles. The number of imidazole rings is 1. The van der Waals surface area contributed by atoms with Gasteiger partial charge in [0.1, 0.15) is 5.82 Å². The van der Waals surface area contributed by atoms with Gasteiger partial charge in [-0.05, 0) is 24.6 Å². The predicted octanol–water partition coefficient (Wildman–Crippen LogP) is 4.11. The van der Waals surface area contributed by atoms with Crippen molar-refractivity contribution in [1.29, 1.82) is 0 Å². The molecular weight excluding hydrogens is 298 g/mol. The Bertz CT molecular complexity index is 766. The summed E-state index contributed by atoms with van der Waals surface area (Å²) < 4.78 is 2.68. The third kappa shape index (κ3) is 3.25. The van der Waals surface area contributed by atoms with Gasteiger partial charge in [0, 0.05) is 5.75 Å². The van der Waals surface area contributed by atoms with Crippen molar-refractivity contribution >= 4 is 39.3 Å². The number of fused-ring (bicyclic) bond motifs is 1. The molecule has 0 spiro atoms. The van der Waals surface area contributed by atoms with E-state index in [1.54, 1.807) is 11.8 Å². The van der Waals surface area contributed by atoms with Crippen molar-refractivity contribution in [2.75, 3.05) is 5.43 Å². The zero-order valence-electron chi connectivity index (χ0n) is 11.6. The van der Waals surface area contributed by atoms with Gasteiger partial charge in [0.15, 0.2) is 4.32 Å². The largest absolute Gasteiger partial charge is 0.277 e. The van der Waals surface area contributed by atoms with Crippen LogP contribution in [-0.2, 0) is 5.75 Å². The lowest BCUT2D eigenvalue weighted by molar-refractivity contribution is 0.943. The van der Waals surface area contributed by atoms with Crippen LogP contribution in [0.5, 0.6) is 0 Å². The van der Waals surface area contributed by atoms with E-state index in [4.69, 9.17) is 12.2 Å². The minimum atomic E-state index is 0.741. The Morgan fingerprint density at radius 1 is 1.14 bits per heavy atom. The topological polar surface area (TPSA) is 29.9 Å². The maximum Gasteiger partial charge on any atom is 0.153 e. The number of nitrogens with zero attached hydrogens (tertiary/aromatic N) is 2. The standard InChI is InChI=1S/C16H15N3S2/c1-12-17-14-9-5-6-10-15(14)19(12)18-16(20)21-11-13-7-3-2-4-8-13/h2-10H,11H2,1H3,(H,18,20). The summed E-state index contributed by atoms with van der Waals surface area (Å²) in [5, 5.41) is 0. The molecule has 1 heterocycles. The Morgan fingerprint density at radius 2 is 1.86 bits per heavy atom. The Balaban J connectivity index is 1.70. The highest BCUT2D eigenvalue weighted by Crippen LogP contribution is 2.17. The Labute approximate surface area is 133 Å². The summed E-state index contributed by atoms with van der Waals surface area (Å²) in [6, 6.07) is 18.3. The van der Waals surface area contributed by atoms with Crippen LogP contribution in [-0.4, -0.2) is 14.0 Å². The molecule has 0 bridgehead atoms. The number of para-hydroxylation sites is 2. The zero-order valence-corrected chi connectivity index (χ0v) is 13.2. The van der Waals surface area contributed by atoms with Gasteiger partial charge in [0.2, 0.25) is 0 Å². The molecule has 5 heteroatoms. The van der Waals surface area contributed by atoms with Crippen LogP contribution in [0.25, 0.3) is 11.0 Å². The van der Waals surface area contributed by atoms with Gasteiger partial charge in [-0.15, -0.1) is 0 Å². The fourth-order valence-corrected chi connectivity index (χ4v) is 3.05. The Kier molecular flexibility index (Phi) is 4.22. The lowest BCUT2D eigenvalue weighted by Gasteiger charge is -2.11. The van der Waals surface area contributed by atoms with Crippen molar-refractivity contribution in [3.05, 3.63) is 66.0 Å². The average Bonchev–Trinajstić information content (AvgIpc) is 2.82. The van der Waals surface area contributed by atoms with Gasteiger partial charge in [0.25, 0.3) is 0 Å². The fraction of sp³-hybridized carbons (Fsp3) is 0.125. The average molecular weight is 313 g/mol. The fourth-order valence-electron chi connectivity index (χ4n) is 2.13. The first-order valence-corrected chi connectivity index (χ1v) is 8.05. The first kappa shape index (κ1) is 14.1. The summed E-state index contributed by atoms with van der Waals surface area (Å²) in [5.74, 6) is 1.76. The van der Waals surface area contributed by atoms with E-state index in [2.05, 4.69) is 22.5 Å². The van der Waals surface area contributed by atoms with Gasteiger partial charge in [-0.1, -0.05) is 66.4 Å². The van der Waals surface area contributed by atoms with E-state index in [1.807, 2.05) is 54.1 Å². The maximum absolute atomic E-state index is 5.43. The number of thioether (sulfide) groups is 1. The number of nitrogens with one attached hydrogen (secondary N) is 1. The summed E-state index contributed by atoms with van der Waals surface area (Å²) in [4.78, 5) is 4.52. The minimum absolute atomic E-state index is 0.741. The quantitative estimate of drug-likeness (QED) is 0.737. The van der Waals surface area contributed by atoms with Crippen LogP contribution in [0.3, 0.4) is 0 Å². The van der Waals surface area contributed by atoms with Crippen molar-refractivity contribution in [2.24, 2.45) is 0 Å². The van der Waals surface area contributed by atoms with E-state index < -0.39 is 0 Å². The molecule has 21 heavy (non-hydrogen) atoms. The molecule has 0 fully saturated rings. The Morgan fingerprint density at radius 3 is 2.67 bits per heavy atom. The predicted molar refractivity (Wildman–Crippen MR) is 94.2 cm³/mol. The molecule has 0 atom stereocenters. The van der Waals surface area contributed by atoms with Gasteiger partial charge < -0.3 is 0 Å². The van der Waals surface area contributed by atoms with Crippen molar-refractivity contribution in [3.63, 3.8) is 0 Å². The van der Waals surface area contributed by atoms with Crippen LogP contribution in [0.1, 0.15) is 11.4 Å². The van der Waals surface area contributed by atoms with Crippen molar-refractivity contribution in [1.82, 2.24) is 9.66 Å². The van der Waals surface area contributed by atoms with Crippen molar-refractivity contribution in [2.45, 2.75) is 12.7 Å². The molecule has 2 aromatic carbocycles. The second-order valence-corrected chi connectivity index (χ2v) is 6.31. The third-order valence-corrected chi connectivity index (χ3v) is 4.42. The third-order valence-electron chi connectivity index (χ3n) is 3.14. The van der Waals surface area contributed by atoms with Crippen LogP contribution in [0.15, 0.2) is 54.6 Å². The van der Waals surface area contributed by atoms with Crippen LogP contribution in [0.4, 0.5) is 0 Å². The van der Waals surface area contributed by atoms with Gasteiger partial charge in [-0.3, -0.25) is 5.43 Å². The molecule has 0 aliphatic carbocycles. The number of hydrogen-bond acceptors (Lipinski definition) is 3. The molecule has 0 radical (unpaired) electrons. The summed E-state index contributed by atoms with van der Waals surface area (Å²) in [5.41, 5.74) is 6.53. The molecule has 0 saturated heterocycles. The lowest BCUT2D eigenvalue weighted by atomic mass is 10.2. The highest BCUT2D eigenvalue weighted by Gasteiger charge is 2.08. The van der Waals surface area contributed by atoms with Gasteiger partial charge in [0.05, 0.1) is 11.0 Å². The molecule has 0 aliphatic heterocycles. The molecular formula is C16H15N3S2. The number of aryl methyl sites for hydroxylation is 1. The van der Waals surface area contributed by atoms with E-state index in [9.17, 15) is 0 Å². The highest BCUT2D eigenvalue weighted by atomic mass is 32.2. The van der Waals surface area contributed by atoms with Gasteiger partial charge in [-0.25, -0.2) is 9.66 Å². The minimum Gasteiger partial charge on any atom is -0.277 e. The van der Waals surface area contributed by atoms with Crippen molar-refractivity contribution in [3.8, 4) is 0 Å². The van der Waals surface area contributed by atoms with E-state index >= 15 is 0 Å². The van der Waals surface area contributed by atoms with Crippen LogP contribution in [0, 0.1) is 6.92 Å². The molecule has 106 valence electrons. The van der Waals surface area contributed by atoms with Gasteiger partial charge in [-0.2, -0.15) is 0 Å². The van der Waals surface area contributed by atoms with E-state index in [-0.39, 0.29) is 0 Å². The molecule has 0 saturated carbocycles. The number of benzene rings is 2. The first-order valence-electron chi connectivity index (χ1n) is 6.66. The Hall–Kier alpha value is -1.85. The second kappa shape index (κ2) is 6.28.